The average molecular weight is 576 g/mol. The minimum atomic E-state index is -2.20. The molecule has 0 radical (unpaired) electrons. The maximum atomic E-state index is 2.68. The summed E-state index contributed by atoms with van der Waals surface area (Å²) in [6.45, 7) is 4.60. The van der Waals surface area contributed by atoms with E-state index >= 15 is 0 Å². The van der Waals surface area contributed by atoms with Crippen molar-refractivity contribution in [2.45, 2.75) is 46.9 Å². The van der Waals surface area contributed by atoms with E-state index in [4.69, 9.17) is 0 Å². The van der Waals surface area contributed by atoms with Gasteiger partial charge in [-0.15, -0.1) is 0 Å². The Hall–Kier alpha value is -1.51. The first-order valence-electron chi connectivity index (χ1n) is 11.5. The molecule has 0 N–H and O–H groups in total. The van der Waals surface area contributed by atoms with Crippen LogP contribution in [0.3, 0.4) is 0 Å². The molecular formula is C28H33HfSi. The Balaban J connectivity index is 1.79. The molecule has 30 heavy (non-hydrogen) atoms. The van der Waals surface area contributed by atoms with Crippen molar-refractivity contribution in [1.29, 1.82) is 0 Å². The summed E-state index contributed by atoms with van der Waals surface area (Å²) in [5.74, 6) is -1.24. The molecule has 0 heterocycles. The summed E-state index contributed by atoms with van der Waals surface area (Å²) >= 11 is -2.20. The molecule has 0 saturated heterocycles. The van der Waals surface area contributed by atoms with Crippen molar-refractivity contribution < 1.29 is 20.6 Å². The topological polar surface area (TPSA) is 0 Å². The monoisotopic (exact) mass is 577 g/mol. The molecule has 2 aromatic carbocycles. The molecule has 0 bridgehead atoms. The summed E-state index contributed by atoms with van der Waals surface area (Å²) in [5.41, 5.74) is 3.16. The van der Waals surface area contributed by atoms with Gasteiger partial charge in [-0.25, -0.2) is 0 Å². The predicted octanol–water partition coefficient (Wildman–Crippen LogP) is 6.31. The van der Waals surface area contributed by atoms with Gasteiger partial charge in [0.25, 0.3) is 0 Å². The Morgan fingerprint density at radius 1 is 0.667 bits per heavy atom. The van der Waals surface area contributed by atoms with Gasteiger partial charge in [0.1, 0.15) is 0 Å². The molecule has 0 saturated carbocycles. The summed E-state index contributed by atoms with van der Waals surface area (Å²) in [5, 5.41) is 3.31. The second-order valence-electron chi connectivity index (χ2n) is 8.51. The minimum absolute atomic E-state index is 0.737. The zero-order valence-electron chi connectivity index (χ0n) is 18.3. The fourth-order valence-corrected chi connectivity index (χ4v) is 39.0. The molecule has 153 valence electrons. The fourth-order valence-electron chi connectivity index (χ4n) is 4.94. The fraction of sp³-hybridized carbons (Fsp3) is 0.286. The summed E-state index contributed by atoms with van der Waals surface area (Å²) < 4.78 is 1.47. The molecule has 4 rings (SSSR count). The molecule has 0 fully saturated rings. The number of benzene rings is 2. The third-order valence-electron chi connectivity index (χ3n) is 6.27. The van der Waals surface area contributed by atoms with Crippen LogP contribution in [0.15, 0.2) is 108 Å². The average Bonchev–Trinajstić information content (AvgIpc) is 3.44. The van der Waals surface area contributed by atoms with Gasteiger partial charge in [0.15, 0.2) is 0 Å². The molecule has 0 amide bonds. The molecule has 0 spiro atoms. The van der Waals surface area contributed by atoms with E-state index in [1.54, 1.807) is 21.5 Å². The molecule has 2 aliphatic carbocycles. The number of hydrogen-bond donors (Lipinski definition) is 0. The Morgan fingerprint density at radius 3 is 1.50 bits per heavy atom. The van der Waals surface area contributed by atoms with Crippen LogP contribution in [-0.4, -0.2) is 5.98 Å². The van der Waals surface area contributed by atoms with Crippen LogP contribution < -0.4 is 10.4 Å². The van der Waals surface area contributed by atoms with Crippen LogP contribution in [0, 0.1) is 0 Å². The quantitative estimate of drug-likeness (QED) is 0.307. The van der Waals surface area contributed by atoms with E-state index in [-0.39, 0.29) is 0 Å². The number of allylic oxidation sites excluding steroid dienone is 8. The van der Waals surface area contributed by atoms with Crippen LogP contribution in [0.5, 0.6) is 0 Å². The van der Waals surface area contributed by atoms with E-state index in [0.717, 1.165) is 7.35 Å². The Bertz CT molecular complexity index is 862. The van der Waals surface area contributed by atoms with Crippen LogP contribution >= 0.6 is 0 Å². The van der Waals surface area contributed by atoms with Crippen LogP contribution in [0.1, 0.15) is 39.5 Å². The third-order valence-corrected chi connectivity index (χ3v) is 37.8. The molecule has 2 heteroatoms. The van der Waals surface area contributed by atoms with Crippen molar-refractivity contribution in [3.8, 4) is 0 Å². The van der Waals surface area contributed by atoms with Crippen molar-refractivity contribution in [3.63, 3.8) is 0 Å². The van der Waals surface area contributed by atoms with Gasteiger partial charge in [-0.05, 0) is 0 Å². The van der Waals surface area contributed by atoms with Gasteiger partial charge in [-0.1, -0.05) is 0 Å². The van der Waals surface area contributed by atoms with Gasteiger partial charge in [0, 0.05) is 0 Å². The van der Waals surface area contributed by atoms with Crippen LogP contribution in [0.2, 0.25) is 7.35 Å². The normalized spacial score (nSPS) is 20.0. The van der Waals surface area contributed by atoms with E-state index in [0.29, 0.717) is 0 Å². The SMILES string of the molecule is CCCC1=C[CH]([Hf]([CH]2C=CC(CCC)=C2)[SiH](c2ccccc2)c2ccccc2)C=C1. The summed E-state index contributed by atoms with van der Waals surface area (Å²) in [6.07, 6.45) is 20.4. The van der Waals surface area contributed by atoms with E-state index in [1.807, 2.05) is 0 Å². The molecule has 2 atom stereocenters. The molecular weight excluding hydrogens is 543 g/mol. The summed E-state index contributed by atoms with van der Waals surface area (Å²) in [6, 6.07) is 23.1. The standard InChI is InChI=1S/C12H11Si.2C8H11.Hf/c1-3-7-11(8-4-1)13-12-9-5-2-6-10-12;2*1-2-5-8-6-3-4-7-8;/h1-10,13H;2*3-4,6-7H,2,5H2,1H3;. The second-order valence-corrected chi connectivity index (χ2v) is 30.8. The van der Waals surface area contributed by atoms with E-state index in [1.165, 1.54) is 25.7 Å². The van der Waals surface area contributed by atoms with Crippen LogP contribution in [0.25, 0.3) is 0 Å². The summed E-state index contributed by atoms with van der Waals surface area (Å²) in [4.78, 5) is 0. The van der Waals surface area contributed by atoms with Crippen molar-refractivity contribution in [1.82, 2.24) is 0 Å². The molecule has 0 nitrogen and oxygen atoms in total. The van der Waals surface area contributed by atoms with Gasteiger partial charge >= 0.3 is 192 Å². The first-order valence-corrected chi connectivity index (χ1v) is 23.6. The van der Waals surface area contributed by atoms with Crippen molar-refractivity contribution in [2.75, 3.05) is 0 Å². The first kappa shape index (κ1) is 21.7. The van der Waals surface area contributed by atoms with E-state index in [2.05, 4.69) is 111 Å². The van der Waals surface area contributed by atoms with Crippen LogP contribution in [0.4, 0.5) is 0 Å². The Morgan fingerprint density at radius 2 is 1.10 bits per heavy atom. The number of rotatable bonds is 9. The summed E-state index contributed by atoms with van der Waals surface area (Å²) in [7, 11) is 0. The van der Waals surface area contributed by atoms with Gasteiger partial charge in [0.2, 0.25) is 0 Å². The molecule has 2 aliphatic rings. The zero-order valence-corrected chi connectivity index (χ0v) is 23.0. The molecule has 2 aromatic rings. The predicted molar refractivity (Wildman–Crippen MR) is 131 cm³/mol. The van der Waals surface area contributed by atoms with Crippen molar-refractivity contribution in [2.24, 2.45) is 0 Å². The van der Waals surface area contributed by atoms with Crippen molar-refractivity contribution in [3.05, 3.63) is 108 Å². The molecule has 0 aromatic heterocycles. The Labute approximate surface area is 191 Å². The molecule has 2 unspecified atom stereocenters. The number of hydrogen-bond acceptors (Lipinski definition) is 0. The first-order chi connectivity index (χ1) is 14.8. The molecule has 0 aliphatic heterocycles. The zero-order chi connectivity index (χ0) is 20.8. The van der Waals surface area contributed by atoms with Gasteiger partial charge in [-0.2, -0.15) is 0 Å². The third kappa shape index (κ3) is 5.03. The van der Waals surface area contributed by atoms with Crippen LogP contribution in [-0.2, 0) is 20.6 Å². The van der Waals surface area contributed by atoms with E-state index in [9.17, 15) is 0 Å². The van der Waals surface area contributed by atoms with Gasteiger partial charge in [-0.3, -0.25) is 0 Å². The van der Waals surface area contributed by atoms with Gasteiger partial charge < -0.3 is 0 Å². The Kier molecular flexibility index (Phi) is 7.73. The van der Waals surface area contributed by atoms with Crippen molar-refractivity contribution >= 4 is 16.4 Å². The maximum absolute atomic E-state index is 2.68. The second kappa shape index (κ2) is 10.7. The van der Waals surface area contributed by atoms with E-state index < -0.39 is 26.6 Å². The van der Waals surface area contributed by atoms with Gasteiger partial charge in [0.05, 0.1) is 0 Å².